The molecule has 8 nitrogen and oxygen atoms in total. The number of carbonyl (C=O) groups excluding carboxylic acids is 1. The third kappa shape index (κ3) is 3.84. The van der Waals surface area contributed by atoms with Gasteiger partial charge in [-0.15, -0.1) is 0 Å². The average molecular weight is 363 g/mol. The van der Waals surface area contributed by atoms with Crippen LogP contribution in [0.4, 0.5) is 5.82 Å². The number of carboxylic acid groups (broad SMARTS) is 1. The zero-order valence-electron chi connectivity index (χ0n) is 14.4. The molecule has 136 valence electrons. The number of aromatic carboxylic acids is 1. The van der Waals surface area contributed by atoms with Crippen molar-refractivity contribution in [2.24, 2.45) is 5.92 Å². The lowest BCUT2D eigenvalue weighted by atomic mass is 10.1. The van der Waals surface area contributed by atoms with Gasteiger partial charge in [-0.3, -0.25) is 9.48 Å². The van der Waals surface area contributed by atoms with Gasteiger partial charge in [0.15, 0.2) is 5.82 Å². The fourth-order valence-electron chi connectivity index (χ4n) is 2.82. The van der Waals surface area contributed by atoms with Crippen molar-refractivity contribution in [1.29, 1.82) is 0 Å². The maximum atomic E-state index is 12.1. The lowest BCUT2D eigenvalue weighted by Crippen LogP contribution is -2.13. The summed E-state index contributed by atoms with van der Waals surface area (Å²) in [6.07, 6.45) is 9.69. The molecule has 0 bridgehead atoms. The Morgan fingerprint density at radius 2 is 2.15 bits per heavy atom. The van der Waals surface area contributed by atoms with Crippen molar-refractivity contribution in [1.82, 2.24) is 19.7 Å². The van der Waals surface area contributed by atoms with E-state index in [2.05, 4.69) is 20.4 Å². The predicted octanol–water partition coefficient (Wildman–Crippen LogP) is 2.59. The van der Waals surface area contributed by atoms with Gasteiger partial charge in [0.1, 0.15) is 11.9 Å². The molecule has 1 amide bonds. The lowest BCUT2D eigenvalue weighted by molar-refractivity contribution is -0.111. The van der Waals surface area contributed by atoms with Crippen LogP contribution < -0.4 is 5.32 Å². The van der Waals surface area contributed by atoms with E-state index in [1.165, 1.54) is 25.2 Å². The number of carboxylic acids is 1. The molecule has 0 unspecified atom stereocenters. The summed E-state index contributed by atoms with van der Waals surface area (Å²) in [6.45, 7) is 0.950. The Hall–Kier alpha value is -3.55. The summed E-state index contributed by atoms with van der Waals surface area (Å²) in [4.78, 5) is 30.7. The Labute approximate surface area is 154 Å². The topological polar surface area (TPSA) is 110 Å². The maximum absolute atomic E-state index is 12.1. The lowest BCUT2D eigenvalue weighted by Gasteiger charge is -2.04. The van der Waals surface area contributed by atoms with Crippen LogP contribution in [0.2, 0.25) is 0 Å². The number of nitrogens with zero attached hydrogens (tertiary/aromatic N) is 4. The monoisotopic (exact) mass is 363 g/mol. The van der Waals surface area contributed by atoms with Crippen molar-refractivity contribution < 1.29 is 14.7 Å². The van der Waals surface area contributed by atoms with Gasteiger partial charge in [0.05, 0.1) is 11.7 Å². The summed E-state index contributed by atoms with van der Waals surface area (Å²) in [5.41, 5.74) is 1.77. The Bertz CT molecular complexity index is 1050. The molecular weight excluding hydrogens is 346 g/mol. The molecule has 0 spiro atoms. The predicted molar refractivity (Wildman–Crippen MR) is 99.1 cm³/mol. The molecule has 27 heavy (non-hydrogen) atoms. The molecule has 0 radical (unpaired) electrons. The normalized spacial score (nSPS) is 13.9. The van der Waals surface area contributed by atoms with Crippen LogP contribution >= 0.6 is 0 Å². The van der Waals surface area contributed by atoms with Gasteiger partial charge in [0.2, 0.25) is 5.91 Å². The van der Waals surface area contributed by atoms with E-state index in [0.29, 0.717) is 0 Å². The third-order valence-electron chi connectivity index (χ3n) is 4.41. The van der Waals surface area contributed by atoms with Gasteiger partial charge >= 0.3 is 5.97 Å². The number of benzene rings is 1. The summed E-state index contributed by atoms with van der Waals surface area (Å²) in [7, 11) is 0. The van der Waals surface area contributed by atoms with Gasteiger partial charge in [-0.1, -0.05) is 6.07 Å². The summed E-state index contributed by atoms with van der Waals surface area (Å²) in [6, 6.07) is 5.88. The molecule has 3 aromatic rings. The average Bonchev–Trinajstić information content (AvgIpc) is 3.39. The molecule has 2 aromatic heterocycles. The van der Waals surface area contributed by atoms with E-state index in [0.717, 1.165) is 35.1 Å². The Morgan fingerprint density at radius 3 is 2.93 bits per heavy atom. The highest BCUT2D eigenvalue weighted by atomic mass is 16.4. The second-order valence-electron chi connectivity index (χ2n) is 6.50. The van der Waals surface area contributed by atoms with Crippen LogP contribution in [0.25, 0.3) is 17.0 Å². The van der Waals surface area contributed by atoms with Gasteiger partial charge in [0, 0.05) is 24.2 Å². The Morgan fingerprint density at radius 1 is 1.30 bits per heavy atom. The van der Waals surface area contributed by atoms with Crippen LogP contribution in [-0.2, 0) is 11.3 Å². The van der Waals surface area contributed by atoms with Crippen molar-refractivity contribution >= 4 is 34.7 Å². The number of anilines is 1. The van der Waals surface area contributed by atoms with Crippen LogP contribution in [0.15, 0.2) is 43.0 Å². The molecule has 1 saturated carbocycles. The second-order valence-corrected chi connectivity index (χ2v) is 6.50. The summed E-state index contributed by atoms with van der Waals surface area (Å²) in [5.74, 6) is -0.970. The van der Waals surface area contributed by atoms with Crippen molar-refractivity contribution in [3.63, 3.8) is 0 Å². The second kappa shape index (κ2) is 6.99. The van der Waals surface area contributed by atoms with Gasteiger partial charge in [-0.2, -0.15) is 5.10 Å². The van der Waals surface area contributed by atoms with Crippen LogP contribution in [0.3, 0.4) is 0 Å². The molecule has 0 saturated heterocycles. The zero-order valence-corrected chi connectivity index (χ0v) is 14.4. The molecule has 1 fully saturated rings. The van der Waals surface area contributed by atoms with E-state index < -0.39 is 11.9 Å². The molecule has 2 N–H and O–H groups in total. The molecule has 0 aliphatic heterocycles. The fraction of sp³-hybridized carbons (Fsp3) is 0.211. The number of amides is 1. The number of nitrogens with one attached hydrogen (secondary N) is 1. The molecule has 1 aliphatic carbocycles. The van der Waals surface area contributed by atoms with E-state index in [1.807, 2.05) is 29.1 Å². The van der Waals surface area contributed by atoms with E-state index >= 15 is 0 Å². The van der Waals surface area contributed by atoms with Crippen LogP contribution in [0.5, 0.6) is 0 Å². The Balaban J connectivity index is 1.47. The minimum atomic E-state index is -1.21. The van der Waals surface area contributed by atoms with Gasteiger partial charge in [0.25, 0.3) is 0 Å². The van der Waals surface area contributed by atoms with Gasteiger partial charge in [-0.25, -0.2) is 14.8 Å². The minimum absolute atomic E-state index is 0.0380. The molecule has 2 heterocycles. The smallest absolute Gasteiger partial charge is 0.341 e. The number of aromatic nitrogens is 4. The van der Waals surface area contributed by atoms with E-state index in [9.17, 15) is 9.59 Å². The quantitative estimate of drug-likeness (QED) is 0.651. The van der Waals surface area contributed by atoms with Crippen LogP contribution in [-0.4, -0.2) is 36.7 Å². The first-order chi connectivity index (χ1) is 13.1. The summed E-state index contributed by atoms with van der Waals surface area (Å²) < 4.78 is 2.02. The first-order valence-corrected chi connectivity index (χ1v) is 8.58. The Kier molecular flexibility index (Phi) is 4.37. The molecule has 4 rings (SSSR count). The maximum Gasteiger partial charge on any atom is 0.341 e. The number of hydrogen-bond donors (Lipinski definition) is 2. The number of hydrogen-bond acceptors (Lipinski definition) is 5. The molecular formula is C19H17N5O3. The molecule has 1 aliphatic rings. The highest BCUT2D eigenvalue weighted by molar-refractivity contribution is 6.05. The highest BCUT2D eigenvalue weighted by Gasteiger charge is 2.22. The zero-order chi connectivity index (χ0) is 18.8. The van der Waals surface area contributed by atoms with E-state index in [1.54, 1.807) is 6.08 Å². The largest absolute Gasteiger partial charge is 0.477 e. The first kappa shape index (κ1) is 16.9. The van der Waals surface area contributed by atoms with Gasteiger partial charge in [-0.05, 0) is 42.5 Å². The number of carbonyl (C=O) groups is 2. The molecule has 8 heteroatoms. The van der Waals surface area contributed by atoms with Crippen LogP contribution in [0.1, 0.15) is 28.8 Å². The fourth-order valence-corrected chi connectivity index (χ4v) is 2.82. The van der Waals surface area contributed by atoms with E-state index in [4.69, 9.17) is 5.11 Å². The molecule has 1 aromatic carbocycles. The van der Waals surface area contributed by atoms with Crippen molar-refractivity contribution in [2.75, 3.05) is 5.32 Å². The summed E-state index contributed by atoms with van der Waals surface area (Å²) in [5, 5.41) is 17.0. The van der Waals surface area contributed by atoms with Crippen molar-refractivity contribution in [2.45, 2.75) is 19.4 Å². The number of rotatable bonds is 6. The van der Waals surface area contributed by atoms with E-state index in [-0.39, 0.29) is 11.4 Å². The SMILES string of the molecule is O=C(/C=C/c1ccc2c(cnn2CC2CC2)c1)Nc1ncncc1C(=O)O. The third-order valence-corrected chi connectivity index (χ3v) is 4.41. The van der Waals surface area contributed by atoms with Crippen molar-refractivity contribution in [3.8, 4) is 0 Å². The first-order valence-electron chi connectivity index (χ1n) is 8.58. The number of fused-ring (bicyclic) bond motifs is 1. The standard InChI is InChI=1S/C19H17N5O3/c25-17(23-18-15(19(26)27)9-20-11-21-18)6-4-12-3-5-16-14(7-12)8-22-24(16)10-13-1-2-13/h3-9,11,13H,1-2,10H2,(H,26,27)(H,20,21,23,25)/b6-4+. The summed E-state index contributed by atoms with van der Waals surface area (Å²) >= 11 is 0. The highest BCUT2D eigenvalue weighted by Crippen LogP contribution is 2.31. The van der Waals surface area contributed by atoms with Gasteiger partial charge < -0.3 is 10.4 Å². The molecule has 0 atom stereocenters. The minimum Gasteiger partial charge on any atom is -0.477 e. The van der Waals surface area contributed by atoms with Crippen molar-refractivity contribution in [3.05, 3.63) is 54.1 Å². The van der Waals surface area contributed by atoms with Crippen LogP contribution in [0, 0.1) is 5.92 Å².